The summed E-state index contributed by atoms with van der Waals surface area (Å²) in [6, 6.07) is 6.42. The van der Waals surface area contributed by atoms with E-state index in [4.69, 9.17) is 9.47 Å². The fraction of sp³-hybridized carbons (Fsp3) is 0.500. The van der Waals surface area contributed by atoms with Crippen LogP contribution in [-0.2, 0) is 9.47 Å². The summed E-state index contributed by atoms with van der Waals surface area (Å²) in [7, 11) is 0. The molecule has 4 nitrogen and oxygen atoms in total. The van der Waals surface area contributed by atoms with Crippen molar-refractivity contribution in [1.29, 1.82) is 0 Å². The molecule has 0 aliphatic rings. The summed E-state index contributed by atoms with van der Waals surface area (Å²) in [5.41, 5.74) is 0.729. The summed E-state index contributed by atoms with van der Waals surface area (Å²) in [6.45, 7) is 7.55. The van der Waals surface area contributed by atoms with E-state index in [9.17, 15) is 9.59 Å². The number of carbonyl (C=O) groups excluding carboxylic acids is 2. The molecule has 0 aromatic heterocycles. The largest absolute Gasteiger partial charge is 0.459 e. The predicted octanol–water partition coefficient (Wildman–Crippen LogP) is 3.60. The van der Waals surface area contributed by atoms with Crippen molar-refractivity contribution in [3.63, 3.8) is 0 Å². The van der Waals surface area contributed by atoms with Crippen molar-refractivity contribution >= 4 is 11.9 Å². The third-order valence-corrected chi connectivity index (χ3v) is 3.10. The molecule has 2 unspecified atom stereocenters. The van der Waals surface area contributed by atoms with Gasteiger partial charge in [0.05, 0.1) is 23.3 Å². The summed E-state index contributed by atoms with van der Waals surface area (Å²) in [5, 5.41) is 0. The Morgan fingerprint density at radius 1 is 0.950 bits per heavy atom. The highest BCUT2D eigenvalue weighted by Gasteiger charge is 2.15. The van der Waals surface area contributed by atoms with Crippen LogP contribution in [0, 0.1) is 0 Å². The lowest BCUT2D eigenvalue weighted by Crippen LogP contribution is -2.16. The number of esters is 2. The number of carbonyl (C=O) groups is 2. The zero-order valence-corrected chi connectivity index (χ0v) is 12.5. The van der Waals surface area contributed by atoms with E-state index in [1.54, 1.807) is 18.2 Å². The second kappa shape index (κ2) is 7.68. The van der Waals surface area contributed by atoms with E-state index in [1.165, 1.54) is 6.07 Å². The van der Waals surface area contributed by atoms with Gasteiger partial charge in [0.2, 0.25) is 0 Å². The third kappa shape index (κ3) is 4.68. The molecule has 0 N–H and O–H groups in total. The van der Waals surface area contributed by atoms with Gasteiger partial charge in [0, 0.05) is 0 Å². The maximum absolute atomic E-state index is 11.9. The van der Waals surface area contributed by atoms with Gasteiger partial charge in [-0.2, -0.15) is 0 Å². The van der Waals surface area contributed by atoms with E-state index in [2.05, 4.69) is 0 Å². The van der Waals surface area contributed by atoms with Gasteiger partial charge >= 0.3 is 11.9 Å². The first-order chi connectivity index (χ1) is 9.47. The van der Waals surface area contributed by atoms with Gasteiger partial charge in [-0.1, -0.05) is 19.9 Å². The van der Waals surface area contributed by atoms with Crippen LogP contribution in [0.2, 0.25) is 0 Å². The van der Waals surface area contributed by atoms with Crippen molar-refractivity contribution in [3.8, 4) is 0 Å². The first-order valence-electron chi connectivity index (χ1n) is 6.99. The van der Waals surface area contributed by atoms with Crippen molar-refractivity contribution < 1.29 is 19.1 Å². The van der Waals surface area contributed by atoms with Gasteiger partial charge < -0.3 is 9.47 Å². The summed E-state index contributed by atoms with van der Waals surface area (Å²) in [5.74, 6) is -0.838. The highest BCUT2D eigenvalue weighted by molar-refractivity contribution is 5.95. The Kier molecular flexibility index (Phi) is 6.22. The predicted molar refractivity (Wildman–Crippen MR) is 76.8 cm³/mol. The fourth-order valence-corrected chi connectivity index (χ4v) is 1.44. The number of ether oxygens (including phenoxy) is 2. The fourth-order valence-electron chi connectivity index (χ4n) is 1.44. The SMILES string of the molecule is CCC(C)OC(=O)c1cccc(C(=O)OC(C)CC)c1. The van der Waals surface area contributed by atoms with Crippen LogP contribution in [0.4, 0.5) is 0 Å². The Balaban J connectivity index is 2.80. The minimum atomic E-state index is -0.419. The van der Waals surface area contributed by atoms with E-state index < -0.39 is 11.9 Å². The molecular weight excluding hydrogens is 256 g/mol. The Labute approximate surface area is 120 Å². The van der Waals surface area contributed by atoms with Crippen LogP contribution in [0.3, 0.4) is 0 Å². The van der Waals surface area contributed by atoms with Gasteiger partial charge in [-0.3, -0.25) is 0 Å². The van der Waals surface area contributed by atoms with Crippen molar-refractivity contribution in [2.75, 3.05) is 0 Å². The van der Waals surface area contributed by atoms with Crippen LogP contribution in [-0.4, -0.2) is 24.1 Å². The molecule has 0 bridgehead atoms. The molecule has 1 aromatic rings. The van der Waals surface area contributed by atoms with Crippen molar-refractivity contribution in [2.24, 2.45) is 0 Å². The minimum Gasteiger partial charge on any atom is -0.459 e. The van der Waals surface area contributed by atoms with Crippen LogP contribution >= 0.6 is 0 Å². The molecule has 0 saturated carbocycles. The van der Waals surface area contributed by atoms with Crippen LogP contribution in [0.5, 0.6) is 0 Å². The average Bonchev–Trinajstić information content (AvgIpc) is 2.46. The molecule has 20 heavy (non-hydrogen) atoms. The van der Waals surface area contributed by atoms with Gasteiger partial charge in [-0.25, -0.2) is 9.59 Å². The van der Waals surface area contributed by atoms with Gasteiger partial charge in [-0.15, -0.1) is 0 Å². The molecule has 0 spiro atoms. The Morgan fingerprint density at radius 3 is 1.70 bits per heavy atom. The lowest BCUT2D eigenvalue weighted by molar-refractivity contribution is 0.0333. The zero-order valence-electron chi connectivity index (χ0n) is 12.5. The number of rotatable bonds is 6. The van der Waals surface area contributed by atoms with Crippen molar-refractivity contribution in [1.82, 2.24) is 0 Å². The van der Waals surface area contributed by atoms with Crippen LogP contribution < -0.4 is 0 Å². The Morgan fingerprint density at radius 2 is 1.35 bits per heavy atom. The smallest absolute Gasteiger partial charge is 0.338 e. The first-order valence-corrected chi connectivity index (χ1v) is 6.99. The van der Waals surface area contributed by atoms with E-state index in [0.717, 1.165) is 12.8 Å². The maximum Gasteiger partial charge on any atom is 0.338 e. The molecule has 2 atom stereocenters. The van der Waals surface area contributed by atoms with Crippen LogP contribution in [0.1, 0.15) is 61.3 Å². The van der Waals surface area contributed by atoms with Gasteiger partial charge in [-0.05, 0) is 44.9 Å². The highest BCUT2D eigenvalue weighted by Crippen LogP contribution is 2.11. The quantitative estimate of drug-likeness (QED) is 0.746. The molecule has 0 aliphatic carbocycles. The van der Waals surface area contributed by atoms with E-state index in [-0.39, 0.29) is 12.2 Å². The summed E-state index contributed by atoms with van der Waals surface area (Å²) in [6.07, 6.45) is 1.22. The van der Waals surface area contributed by atoms with Gasteiger partial charge in [0.15, 0.2) is 0 Å². The number of hydrogen-bond acceptors (Lipinski definition) is 4. The monoisotopic (exact) mass is 278 g/mol. The van der Waals surface area contributed by atoms with E-state index in [1.807, 2.05) is 27.7 Å². The maximum atomic E-state index is 11.9. The van der Waals surface area contributed by atoms with Crippen LogP contribution in [0.25, 0.3) is 0 Å². The average molecular weight is 278 g/mol. The standard InChI is InChI=1S/C16H22O4/c1-5-11(3)19-15(17)13-8-7-9-14(10-13)16(18)20-12(4)6-2/h7-12H,5-6H2,1-4H3. The summed E-state index contributed by atoms with van der Waals surface area (Å²) < 4.78 is 10.5. The molecule has 1 aromatic carbocycles. The first kappa shape index (κ1) is 16.2. The molecule has 0 radical (unpaired) electrons. The molecule has 0 aliphatic heterocycles. The zero-order chi connectivity index (χ0) is 15.1. The normalized spacial score (nSPS) is 13.4. The minimum absolute atomic E-state index is 0.141. The Bertz CT molecular complexity index is 428. The second-order valence-electron chi connectivity index (χ2n) is 4.83. The van der Waals surface area contributed by atoms with Crippen molar-refractivity contribution in [3.05, 3.63) is 35.4 Å². The summed E-state index contributed by atoms with van der Waals surface area (Å²) in [4.78, 5) is 23.8. The molecule has 0 heterocycles. The molecule has 0 amide bonds. The molecule has 0 fully saturated rings. The molecule has 1 rings (SSSR count). The second-order valence-corrected chi connectivity index (χ2v) is 4.83. The van der Waals surface area contributed by atoms with Crippen LogP contribution in [0.15, 0.2) is 24.3 Å². The molecule has 4 heteroatoms. The van der Waals surface area contributed by atoms with Gasteiger partial charge in [0.1, 0.15) is 0 Å². The summed E-state index contributed by atoms with van der Waals surface area (Å²) >= 11 is 0. The van der Waals surface area contributed by atoms with E-state index >= 15 is 0 Å². The Hall–Kier alpha value is -1.84. The number of benzene rings is 1. The van der Waals surface area contributed by atoms with Crippen molar-refractivity contribution in [2.45, 2.75) is 52.7 Å². The highest BCUT2D eigenvalue weighted by atomic mass is 16.5. The molecule has 110 valence electrons. The topological polar surface area (TPSA) is 52.6 Å². The number of hydrogen-bond donors (Lipinski definition) is 0. The third-order valence-electron chi connectivity index (χ3n) is 3.10. The lowest BCUT2D eigenvalue weighted by Gasteiger charge is -2.12. The van der Waals surface area contributed by atoms with E-state index in [0.29, 0.717) is 11.1 Å². The lowest BCUT2D eigenvalue weighted by atomic mass is 10.1. The molecular formula is C16H22O4. The molecule has 0 saturated heterocycles. The van der Waals surface area contributed by atoms with Gasteiger partial charge in [0.25, 0.3) is 0 Å².